The lowest BCUT2D eigenvalue weighted by Gasteiger charge is -2.59. The molecule has 4 saturated carbocycles. The van der Waals surface area contributed by atoms with E-state index in [2.05, 4.69) is 32.3 Å². The Hall–Kier alpha value is -1.79. The molecule has 27 heavy (non-hydrogen) atoms. The molecule has 1 aromatic rings. The smallest absolute Gasteiger partial charge is 0.317 e. The fraction of sp³-hybridized carbons (Fsp3) is 0.850. The van der Waals surface area contributed by atoms with Crippen LogP contribution in [0.3, 0.4) is 0 Å². The topological polar surface area (TPSA) is 77.2 Å². The van der Waals surface area contributed by atoms with Gasteiger partial charge in [-0.3, -0.25) is 0 Å². The van der Waals surface area contributed by atoms with E-state index in [1.807, 2.05) is 4.90 Å². The van der Waals surface area contributed by atoms with Gasteiger partial charge in [-0.1, -0.05) is 6.92 Å². The van der Waals surface area contributed by atoms with Crippen molar-refractivity contribution in [1.29, 1.82) is 0 Å². The lowest BCUT2D eigenvalue weighted by molar-refractivity contribution is -0.0727. The van der Waals surface area contributed by atoms with Crippen molar-refractivity contribution in [2.45, 2.75) is 57.9 Å². The number of carbonyl (C=O) groups is 1. The largest absolute Gasteiger partial charge is 0.338 e. The molecular formula is C20H32N6O. The molecule has 6 rings (SSSR count). The highest BCUT2D eigenvalue weighted by molar-refractivity contribution is 5.75. The molecule has 5 fully saturated rings. The summed E-state index contributed by atoms with van der Waals surface area (Å²) in [4.78, 5) is 21.4. The van der Waals surface area contributed by atoms with Gasteiger partial charge in [-0.25, -0.2) is 9.89 Å². The number of rotatable bonds is 4. The number of aromatic nitrogens is 3. The van der Waals surface area contributed by atoms with Crippen molar-refractivity contribution in [2.75, 3.05) is 31.1 Å². The van der Waals surface area contributed by atoms with Crippen molar-refractivity contribution in [3.63, 3.8) is 0 Å². The standard InChI is InChI=1S/C20H32N6O/c1-2-17(20-10-14-7-15(11-20)9-16(8-14)12-20)23-19(27)26-5-3-25(4-6-26)18-21-13-22-24-18/h13-17H,2-12H2,1H3,(H,23,27)(H,21,22,24). The second-order valence-electron chi connectivity index (χ2n) is 9.47. The van der Waals surface area contributed by atoms with Gasteiger partial charge in [0.05, 0.1) is 0 Å². The molecule has 1 unspecified atom stereocenters. The Labute approximate surface area is 161 Å². The van der Waals surface area contributed by atoms with Crippen LogP contribution < -0.4 is 10.2 Å². The predicted molar refractivity (Wildman–Crippen MR) is 103 cm³/mol. The molecule has 1 saturated heterocycles. The Balaban J connectivity index is 1.21. The zero-order valence-corrected chi connectivity index (χ0v) is 16.4. The van der Waals surface area contributed by atoms with E-state index in [1.54, 1.807) is 0 Å². The van der Waals surface area contributed by atoms with Crippen molar-refractivity contribution >= 4 is 12.0 Å². The van der Waals surface area contributed by atoms with Crippen LogP contribution in [0.2, 0.25) is 0 Å². The third kappa shape index (κ3) is 3.09. The number of urea groups is 1. The normalized spacial score (nSPS) is 36.1. The van der Waals surface area contributed by atoms with Gasteiger partial charge in [0.1, 0.15) is 6.33 Å². The van der Waals surface area contributed by atoms with Crippen molar-refractivity contribution in [1.82, 2.24) is 25.4 Å². The molecule has 4 aliphatic carbocycles. The molecular weight excluding hydrogens is 340 g/mol. The van der Waals surface area contributed by atoms with Crippen LogP contribution in [0.1, 0.15) is 51.9 Å². The number of anilines is 1. The highest BCUT2D eigenvalue weighted by Gasteiger charge is 2.54. The van der Waals surface area contributed by atoms with Crippen molar-refractivity contribution in [3.8, 4) is 0 Å². The van der Waals surface area contributed by atoms with Gasteiger partial charge in [-0.15, -0.1) is 0 Å². The number of carbonyl (C=O) groups excluding carboxylic acids is 1. The average molecular weight is 373 g/mol. The van der Waals surface area contributed by atoms with Crippen molar-refractivity contribution in [3.05, 3.63) is 6.33 Å². The second kappa shape index (κ2) is 6.67. The Morgan fingerprint density at radius 1 is 1.19 bits per heavy atom. The SMILES string of the molecule is CCC(NC(=O)N1CCN(c2ncn[nH]2)CC1)C12CC3CC(CC(C3)C1)C2. The van der Waals surface area contributed by atoms with Crippen LogP contribution in [-0.2, 0) is 0 Å². The van der Waals surface area contributed by atoms with Gasteiger partial charge in [0.25, 0.3) is 0 Å². The first-order chi connectivity index (χ1) is 13.1. The minimum absolute atomic E-state index is 0.134. The number of hydrogen-bond donors (Lipinski definition) is 2. The lowest BCUT2D eigenvalue weighted by atomic mass is 9.47. The summed E-state index contributed by atoms with van der Waals surface area (Å²) in [6.45, 7) is 5.34. The summed E-state index contributed by atoms with van der Waals surface area (Å²) in [5.74, 6) is 3.57. The van der Waals surface area contributed by atoms with E-state index in [-0.39, 0.29) is 6.03 Å². The molecule has 7 heteroatoms. The number of nitrogens with zero attached hydrogens (tertiary/aromatic N) is 4. The van der Waals surface area contributed by atoms with Crippen LogP contribution in [0.4, 0.5) is 10.7 Å². The minimum Gasteiger partial charge on any atom is -0.338 e. The van der Waals surface area contributed by atoms with Crippen LogP contribution in [0, 0.1) is 23.2 Å². The number of H-pyrrole nitrogens is 1. The van der Waals surface area contributed by atoms with E-state index in [9.17, 15) is 4.79 Å². The number of piperazine rings is 1. The van der Waals surface area contributed by atoms with Crippen molar-refractivity contribution in [2.24, 2.45) is 23.2 Å². The molecule has 5 aliphatic rings. The minimum atomic E-state index is 0.134. The van der Waals surface area contributed by atoms with E-state index in [4.69, 9.17) is 0 Å². The first-order valence-corrected chi connectivity index (χ1v) is 10.8. The van der Waals surface area contributed by atoms with E-state index in [0.717, 1.165) is 56.3 Å². The highest BCUT2D eigenvalue weighted by Crippen LogP contribution is 2.61. The van der Waals surface area contributed by atoms with E-state index in [1.165, 1.54) is 44.9 Å². The maximum atomic E-state index is 13.0. The van der Waals surface area contributed by atoms with Crippen LogP contribution in [0.25, 0.3) is 0 Å². The van der Waals surface area contributed by atoms with Crippen LogP contribution in [0.15, 0.2) is 6.33 Å². The van der Waals surface area contributed by atoms with Gasteiger partial charge in [0, 0.05) is 32.2 Å². The third-order valence-electron chi connectivity index (χ3n) is 7.80. The Kier molecular flexibility index (Phi) is 4.28. The first kappa shape index (κ1) is 17.3. The summed E-state index contributed by atoms with van der Waals surface area (Å²) in [6, 6.07) is 0.473. The average Bonchev–Trinajstić information content (AvgIpc) is 3.19. The number of hydrogen-bond acceptors (Lipinski definition) is 4. The van der Waals surface area contributed by atoms with E-state index in [0.29, 0.717) is 11.5 Å². The molecule has 4 bridgehead atoms. The summed E-state index contributed by atoms with van der Waals surface area (Å²) in [5.41, 5.74) is 0.376. The molecule has 0 spiro atoms. The third-order valence-corrected chi connectivity index (χ3v) is 7.80. The lowest BCUT2D eigenvalue weighted by Crippen LogP contribution is -2.60. The summed E-state index contributed by atoms with van der Waals surface area (Å²) < 4.78 is 0. The van der Waals surface area contributed by atoms with Crippen LogP contribution in [0.5, 0.6) is 0 Å². The maximum absolute atomic E-state index is 13.0. The maximum Gasteiger partial charge on any atom is 0.317 e. The highest BCUT2D eigenvalue weighted by atomic mass is 16.2. The van der Waals surface area contributed by atoms with Gasteiger partial charge < -0.3 is 15.1 Å². The molecule has 2 N–H and O–H groups in total. The Morgan fingerprint density at radius 2 is 1.81 bits per heavy atom. The quantitative estimate of drug-likeness (QED) is 0.852. The summed E-state index contributed by atoms with van der Waals surface area (Å²) in [5, 5.41) is 10.3. The fourth-order valence-corrected chi connectivity index (χ4v) is 7.01. The zero-order chi connectivity index (χ0) is 18.4. The predicted octanol–water partition coefficient (Wildman–Crippen LogP) is 2.63. The van der Waals surface area contributed by atoms with Gasteiger partial charge in [-0.05, 0) is 68.1 Å². The van der Waals surface area contributed by atoms with E-state index >= 15 is 0 Å². The summed E-state index contributed by atoms with van der Waals surface area (Å²) in [7, 11) is 0. The summed E-state index contributed by atoms with van der Waals surface area (Å²) in [6.07, 6.45) is 11.0. The molecule has 1 atom stereocenters. The second-order valence-corrected chi connectivity index (χ2v) is 9.47. The number of amides is 2. The molecule has 2 amide bonds. The molecule has 148 valence electrons. The molecule has 0 radical (unpaired) electrons. The Bertz CT molecular complexity index is 631. The van der Waals surface area contributed by atoms with Gasteiger partial charge in [0.2, 0.25) is 5.95 Å². The molecule has 2 heterocycles. The molecule has 0 aromatic carbocycles. The monoisotopic (exact) mass is 372 g/mol. The van der Waals surface area contributed by atoms with Gasteiger partial charge in [-0.2, -0.15) is 10.1 Å². The van der Waals surface area contributed by atoms with Crippen molar-refractivity contribution < 1.29 is 4.79 Å². The van der Waals surface area contributed by atoms with Gasteiger partial charge >= 0.3 is 6.03 Å². The van der Waals surface area contributed by atoms with Crippen LogP contribution in [-0.4, -0.2) is 58.3 Å². The van der Waals surface area contributed by atoms with Crippen LogP contribution >= 0.6 is 0 Å². The molecule has 7 nitrogen and oxygen atoms in total. The van der Waals surface area contributed by atoms with Gasteiger partial charge in [0.15, 0.2) is 0 Å². The zero-order valence-electron chi connectivity index (χ0n) is 16.4. The Morgan fingerprint density at radius 3 is 2.33 bits per heavy atom. The number of aromatic amines is 1. The summed E-state index contributed by atoms with van der Waals surface area (Å²) >= 11 is 0. The number of nitrogens with one attached hydrogen (secondary N) is 2. The fourth-order valence-electron chi connectivity index (χ4n) is 7.01. The molecule has 1 aliphatic heterocycles. The van der Waals surface area contributed by atoms with E-state index < -0.39 is 0 Å². The molecule has 1 aromatic heterocycles. The first-order valence-electron chi connectivity index (χ1n) is 10.8.